The van der Waals surface area contributed by atoms with Gasteiger partial charge in [-0.3, -0.25) is 9.59 Å². The van der Waals surface area contributed by atoms with E-state index in [4.69, 9.17) is 5.11 Å². The summed E-state index contributed by atoms with van der Waals surface area (Å²) in [4.78, 5) is 31.8. The zero-order chi connectivity index (χ0) is 13.4. The summed E-state index contributed by atoms with van der Waals surface area (Å²) in [5, 5.41) is 9.38. The molecule has 100 valence electrons. The summed E-state index contributed by atoms with van der Waals surface area (Å²) in [5.74, 6) is 1.56. The molecule has 0 spiro atoms. The second-order valence-electron chi connectivity index (χ2n) is 4.39. The van der Waals surface area contributed by atoms with Crippen molar-refractivity contribution in [3.63, 3.8) is 0 Å². The highest BCUT2D eigenvalue weighted by Crippen LogP contribution is 2.35. The van der Waals surface area contributed by atoms with Gasteiger partial charge in [-0.2, -0.15) is 11.8 Å². The number of carbonyl (C=O) groups is 1. The number of aromatic nitrogens is 2. The SMILES string of the molecule is O=C(O)CCc1nc2sc3c(c2c(=O)[nH]1)CCSC3. The Labute approximate surface area is 117 Å². The van der Waals surface area contributed by atoms with E-state index in [0.29, 0.717) is 11.2 Å². The van der Waals surface area contributed by atoms with Crippen LogP contribution in [-0.2, 0) is 23.4 Å². The van der Waals surface area contributed by atoms with Crippen LogP contribution in [0.25, 0.3) is 10.2 Å². The van der Waals surface area contributed by atoms with E-state index in [1.54, 1.807) is 11.3 Å². The van der Waals surface area contributed by atoms with Crippen LogP contribution in [0.4, 0.5) is 0 Å². The summed E-state index contributed by atoms with van der Waals surface area (Å²) in [6.45, 7) is 0. The van der Waals surface area contributed by atoms with Crippen molar-refractivity contribution in [1.29, 1.82) is 0 Å². The Bertz CT molecular complexity index is 705. The summed E-state index contributed by atoms with van der Waals surface area (Å²) in [6.07, 6.45) is 1.16. The van der Waals surface area contributed by atoms with Crippen molar-refractivity contribution in [3.05, 3.63) is 26.6 Å². The number of H-pyrrole nitrogens is 1. The first-order chi connectivity index (χ1) is 9.15. The number of thioether (sulfide) groups is 1. The zero-order valence-corrected chi connectivity index (χ0v) is 11.7. The number of aryl methyl sites for hydroxylation is 2. The largest absolute Gasteiger partial charge is 0.481 e. The number of rotatable bonds is 3. The highest BCUT2D eigenvalue weighted by molar-refractivity contribution is 7.98. The van der Waals surface area contributed by atoms with Gasteiger partial charge in [0.15, 0.2) is 0 Å². The van der Waals surface area contributed by atoms with Crippen LogP contribution in [0, 0.1) is 0 Å². The smallest absolute Gasteiger partial charge is 0.303 e. The number of aliphatic carboxylic acids is 1. The number of aromatic amines is 1. The predicted octanol–water partition coefficient (Wildman–Crippen LogP) is 1.79. The average Bonchev–Trinajstić information content (AvgIpc) is 2.74. The van der Waals surface area contributed by atoms with E-state index in [-0.39, 0.29) is 18.4 Å². The first kappa shape index (κ1) is 12.7. The second kappa shape index (κ2) is 4.97. The van der Waals surface area contributed by atoms with Gasteiger partial charge in [-0.15, -0.1) is 11.3 Å². The molecule has 0 amide bonds. The number of nitrogens with one attached hydrogen (secondary N) is 1. The van der Waals surface area contributed by atoms with Gasteiger partial charge in [0.25, 0.3) is 5.56 Å². The first-order valence-corrected chi connectivity index (χ1v) is 7.95. The van der Waals surface area contributed by atoms with Crippen LogP contribution in [0.3, 0.4) is 0 Å². The Morgan fingerprint density at radius 2 is 2.32 bits per heavy atom. The second-order valence-corrected chi connectivity index (χ2v) is 6.58. The summed E-state index contributed by atoms with van der Waals surface area (Å²) in [6, 6.07) is 0. The van der Waals surface area contributed by atoms with Crippen molar-refractivity contribution in [2.24, 2.45) is 0 Å². The molecule has 3 rings (SSSR count). The van der Waals surface area contributed by atoms with Gasteiger partial charge in [0.1, 0.15) is 10.7 Å². The molecule has 1 aliphatic rings. The molecule has 2 aromatic heterocycles. The van der Waals surface area contributed by atoms with Crippen LogP contribution < -0.4 is 5.56 Å². The number of thiophene rings is 1. The van der Waals surface area contributed by atoms with Crippen molar-refractivity contribution >= 4 is 39.3 Å². The summed E-state index contributed by atoms with van der Waals surface area (Å²) in [5.41, 5.74) is 1.01. The van der Waals surface area contributed by atoms with Crippen molar-refractivity contribution in [2.75, 3.05) is 5.75 Å². The van der Waals surface area contributed by atoms with Gasteiger partial charge in [-0.1, -0.05) is 0 Å². The average molecular weight is 296 g/mol. The molecule has 0 saturated carbocycles. The molecule has 0 bridgehead atoms. The molecule has 2 aromatic rings. The zero-order valence-electron chi connectivity index (χ0n) is 10.1. The molecule has 7 heteroatoms. The minimum atomic E-state index is -0.885. The fraction of sp³-hybridized carbons (Fsp3) is 0.417. The Balaban J connectivity index is 2.06. The number of hydrogen-bond acceptors (Lipinski definition) is 5. The quantitative estimate of drug-likeness (QED) is 0.902. The van der Waals surface area contributed by atoms with Gasteiger partial charge >= 0.3 is 5.97 Å². The predicted molar refractivity (Wildman–Crippen MR) is 76.1 cm³/mol. The minimum Gasteiger partial charge on any atom is -0.481 e. The lowest BCUT2D eigenvalue weighted by Crippen LogP contribution is -2.14. The maximum absolute atomic E-state index is 12.1. The summed E-state index contributed by atoms with van der Waals surface area (Å²) >= 11 is 3.43. The Morgan fingerprint density at radius 3 is 3.11 bits per heavy atom. The van der Waals surface area contributed by atoms with Gasteiger partial charge in [0.05, 0.1) is 11.8 Å². The van der Waals surface area contributed by atoms with Gasteiger partial charge in [-0.05, 0) is 17.7 Å². The minimum absolute atomic E-state index is 0.0185. The molecular weight excluding hydrogens is 284 g/mol. The third kappa shape index (κ3) is 2.40. The number of nitrogens with zero attached hydrogens (tertiary/aromatic N) is 1. The van der Waals surface area contributed by atoms with Crippen LogP contribution in [-0.4, -0.2) is 26.8 Å². The third-order valence-electron chi connectivity index (χ3n) is 3.10. The molecule has 0 aliphatic carbocycles. The highest BCUT2D eigenvalue weighted by atomic mass is 32.2. The first-order valence-electron chi connectivity index (χ1n) is 5.98. The van der Waals surface area contributed by atoms with Gasteiger partial charge in [0.2, 0.25) is 0 Å². The topological polar surface area (TPSA) is 83.0 Å². The van der Waals surface area contributed by atoms with Crippen molar-refractivity contribution in [2.45, 2.75) is 25.0 Å². The van der Waals surface area contributed by atoms with E-state index < -0.39 is 5.97 Å². The molecule has 0 fully saturated rings. The molecule has 0 aromatic carbocycles. The lowest BCUT2D eigenvalue weighted by molar-refractivity contribution is -0.137. The van der Waals surface area contributed by atoms with E-state index >= 15 is 0 Å². The monoisotopic (exact) mass is 296 g/mol. The van der Waals surface area contributed by atoms with E-state index in [2.05, 4.69) is 9.97 Å². The molecule has 2 N–H and O–H groups in total. The van der Waals surface area contributed by atoms with Crippen LogP contribution in [0.2, 0.25) is 0 Å². The van der Waals surface area contributed by atoms with E-state index in [1.807, 2.05) is 11.8 Å². The molecule has 3 heterocycles. The van der Waals surface area contributed by atoms with Gasteiger partial charge < -0.3 is 10.1 Å². The van der Waals surface area contributed by atoms with Gasteiger partial charge in [0, 0.05) is 17.1 Å². The molecule has 0 unspecified atom stereocenters. The van der Waals surface area contributed by atoms with Crippen LogP contribution in [0.15, 0.2) is 4.79 Å². The maximum atomic E-state index is 12.1. The molecule has 0 atom stereocenters. The van der Waals surface area contributed by atoms with Crippen LogP contribution in [0.1, 0.15) is 22.7 Å². The third-order valence-corrected chi connectivity index (χ3v) is 5.39. The van der Waals surface area contributed by atoms with E-state index in [0.717, 1.165) is 28.3 Å². The Hall–Kier alpha value is -1.34. The number of fused-ring (bicyclic) bond motifs is 3. The number of carboxylic acid groups (broad SMARTS) is 1. The summed E-state index contributed by atoms with van der Waals surface area (Å²) < 4.78 is 0. The van der Waals surface area contributed by atoms with Crippen LogP contribution in [0.5, 0.6) is 0 Å². The van der Waals surface area contributed by atoms with E-state index in [1.165, 1.54) is 4.88 Å². The van der Waals surface area contributed by atoms with Gasteiger partial charge in [-0.25, -0.2) is 4.98 Å². The maximum Gasteiger partial charge on any atom is 0.303 e. The fourth-order valence-electron chi connectivity index (χ4n) is 2.22. The van der Waals surface area contributed by atoms with Crippen LogP contribution >= 0.6 is 23.1 Å². The normalized spacial score (nSPS) is 14.5. The highest BCUT2D eigenvalue weighted by Gasteiger charge is 2.20. The molecular formula is C12H12N2O3S2. The molecule has 5 nitrogen and oxygen atoms in total. The van der Waals surface area contributed by atoms with Crippen molar-refractivity contribution < 1.29 is 9.90 Å². The van der Waals surface area contributed by atoms with Crippen molar-refractivity contribution in [3.8, 4) is 0 Å². The lowest BCUT2D eigenvalue weighted by Gasteiger charge is -2.09. The Kier molecular flexibility index (Phi) is 3.32. The summed E-state index contributed by atoms with van der Waals surface area (Å²) in [7, 11) is 0. The number of hydrogen-bond donors (Lipinski definition) is 2. The molecule has 1 aliphatic heterocycles. The fourth-order valence-corrected chi connectivity index (χ4v) is 4.59. The molecule has 0 saturated heterocycles. The number of carboxylic acids is 1. The lowest BCUT2D eigenvalue weighted by atomic mass is 10.1. The molecule has 19 heavy (non-hydrogen) atoms. The Morgan fingerprint density at radius 1 is 1.47 bits per heavy atom. The molecule has 0 radical (unpaired) electrons. The van der Waals surface area contributed by atoms with E-state index in [9.17, 15) is 9.59 Å². The standard InChI is InChI=1S/C12H12N2O3S2/c15-9(16)2-1-8-13-11(17)10-6-3-4-18-5-7(6)19-12(10)14-8/h1-5H2,(H,15,16)(H,13,14,17). The van der Waals surface area contributed by atoms with Crippen molar-refractivity contribution in [1.82, 2.24) is 9.97 Å².